The number of rotatable bonds is 6. The van der Waals surface area contributed by atoms with Gasteiger partial charge < -0.3 is 14.7 Å². The Morgan fingerprint density at radius 2 is 0.698 bits per heavy atom. The molecule has 1 N–H and O–H groups in total. The van der Waals surface area contributed by atoms with Crippen LogP contribution in [0.1, 0.15) is 275 Å². The summed E-state index contributed by atoms with van der Waals surface area (Å²) in [5.74, 6) is 2.89. The standard InChI is InChI=1S/C9H19N.C9H16O2.C7H14O.C7H12O.4C5H10.CH4.B.4Fe.H2/c1-8(10(2)3)9-6-4-5-7-9;1-7(11-8(2)10)9-5-3-4-6-9;2*1-6(8)7-4-2-3-5-7;4*1-2-4-5-3-1;;;;;;;/h8-9H,4-7H2,1-3H3;7,9H,3-6H2,1-2H3;6-8H,2-5H2,1H3;7H,2-5H2,1H3;4*1-5H2;1H4;;;;;;1H/i;;;;;;;;;;;;;;1+1. The van der Waals surface area contributed by atoms with E-state index in [9.17, 15) is 9.59 Å². The van der Waals surface area contributed by atoms with Crippen molar-refractivity contribution in [3.8, 4) is 0 Å². The number of carbonyl (C=O) groups is 2. The molecule has 63 heavy (non-hydrogen) atoms. The van der Waals surface area contributed by atoms with Crippen LogP contribution < -0.4 is 0 Å². The maximum Gasteiger partial charge on any atom is 0.302 e. The topological polar surface area (TPSA) is 66.8 Å². The summed E-state index contributed by atoms with van der Waals surface area (Å²) in [6.45, 7) is 9.42. The largest absolute Gasteiger partial charge is 0.463 e. The fourth-order valence-corrected chi connectivity index (χ4v) is 9.95. The third kappa shape index (κ3) is 44.2. The quantitative estimate of drug-likeness (QED) is 0.212. The Hall–Kier alpha value is 1.20. The van der Waals surface area contributed by atoms with Crippen molar-refractivity contribution in [2.75, 3.05) is 14.1 Å². The van der Waals surface area contributed by atoms with Crippen LogP contribution in [0, 0.1) is 23.7 Å². The van der Waals surface area contributed by atoms with Crippen LogP contribution in [0.2, 0.25) is 0 Å². The van der Waals surface area contributed by atoms with Gasteiger partial charge in [0.05, 0.1) is 6.10 Å². The molecule has 0 spiro atoms. The number of ether oxygens (including phenoxy) is 1. The molecule has 0 aliphatic heterocycles. The molecular weight excluding hydrogens is 949 g/mol. The van der Waals surface area contributed by atoms with Crippen molar-refractivity contribution in [2.45, 2.75) is 291 Å². The molecule has 8 fully saturated rings. The van der Waals surface area contributed by atoms with E-state index in [1.54, 1.807) is 6.92 Å². The van der Waals surface area contributed by atoms with E-state index in [4.69, 9.17) is 9.84 Å². The van der Waals surface area contributed by atoms with Gasteiger partial charge in [-0.15, -0.1) is 0 Å². The second-order valence-corrected chi connectivity index (χ2v) is 19.6. The van der Waals surface area contributed by atoms with Crippen LogP contribution >= 0.6 is 0 Å². The summed E-state index contributed by atoms with van der Waals surface area (Å²) in [5, 5.41) is 9.05. The smallest absolute Gasteiger partial charge is 0.302 e. The molecule has 0 aromatic heterocycles. The molecule has 8 rings (SSSR count). The number of Topliss-reactive ketones (excluding diaryl/α,β-unsaturated/α-hetero) is 1. The first kappa shape index (κ1) is 75.7. The predicted molar refractivity (Wildman–Crippen MR) is 262 cm³/mol. The van der Waals surface area contributed by atoms with Gasteiger partial charge in [0, 0.05) is 97.0 Å². The Balaban J connectivity index is -0.000000116. The molecule has 10 heteroatoms. The Morgan fingerprint density at radius 3 is 0.889 bits per heavy atom. The third-order valence-corrected chi connectivity index (χ3v) is 14.3. The van der Waals surface area contributed by atoms with Gasteiger partial charge in [0.2, 0.25) is 0 Å². The SMILES string of the molecule is C.C1CCCC1.C1CCCC1.C1CCCC1.C1CCCC1.CC(=O)C1CCCC1.CC(=O)OC(C)C1CCCC1.CC(C1CCCC1)N(C)C.CC(O)C1CCCC1.[2HH].[B].[Fe].[Fe].[Fe].[Fe]. The molecule has 0 heterocycles. The summed E-state index contributed by atoms with van der Waals surface area (Å²) >= 11 is 0. The van der Waals surface area contributed by atoms with Gasteiger partial charge in [-0.25, -0.2) is 0 Å². The monoisotopic (exact) mass is 1060 g/mol. The molecule has 3 unspecified atom stereocenters. The van der Waals surface area contributed by atoms with Crippen molar-refractivity contribution < 1.29 is 89.1 Å². The van der Waals surface area contributed by atoms with E-state index >= 15 is 0 Å². The van der Waals surface area contributed by atoms with E-state index < -0.39 is 0 Å². The van der Waals surface area contributed by atoms with Gasteiger partial charge in [-0.05, 0) is 111 Å². The molecule has 0 bridgehead atoms. The summed E-state index contributed by atoms with van der Waals surface area (Å²) in [4.78, 5) is 23.6. The minimum absolute atomic E-state index is 0. The van der Waals surface area contributed by atoms with Gasteiger partial charge in [0.25, 0.3) is 0 Å². The van der Waals surface area contributed by atoms with Crippen molar-refractivity contribution in [3.05, 3.63) is 0 Å². The van der Waals surface area contributed by atoms with Crippen LogP contribution in [0.4, 0.5) is 0 Å². The average Bonchev–Trinajstić information content (AvgIpc) is 4.09. The molecule has 3 atom stereocenters. The third-order valence-electron chi connectivity index (χ3n) is 14.3. The summed E-state index contributed by atoms with van der Waals surface area (Å²) in [7, 11) is 4.37. The maximum atomic E-state index is 10.6. The number of hydrogen-bond donors (Lipinski definition) is 1. The zero-order valence-electron chi connectivity index (χ0n) is 41.6. The Kier molecular flexibility index (Phi) is 63.2. The van der Waals surface area contributed by atoms with Crippen molar-refractivity contribution in [1.29, 1.82) is 0 Å². The first-order valence-electron chi connectivity index (χ1n) is 25.5. The van der Waals surface area contributed by atoms with Crippen molar-refractivity contribution >= 4 is 20.2 Å². The second kappa shape index (κ2) is 52.6. The molecule has 383 valence electrons. The zero-order chi connectivity index (χ0) is 41.9. The maximum absolute atomic E-state index is 10.6. The van der Waals surface area contributed by atoms with Crippen LogP contribution in [0.15, 0.2) is 0 Å². The average molecular weight is 1060 g/mol. The minimum atomic E-state index is -0.149. The van der Waals surface area contributed by atoms with E-state index in [-0.39, 0.29) is 104 Å². The van der Waals surface area contributed by atoms with Gasteiger partial charge in [0.15, 0.2) is 0 Å². The Labute approximate surface area is 440 Å². The number of ketones is 1. The van der Waals surface area contributed by atoms with Crippen LogP contribution in [0.3, 0.4) is 0 Å². The summed E-state index contributed by atoms with van der Waals surface area (Å²) in [6.07, 6.45) is 51.0. The molecule has 3 radical (unpaired) electrons. The van der Waals surface area contributed by atoms with Crippen LogP contribution in [-0.2, 0) is 82.6 Å². The van der Waals surface area contributed by atoms with Crippen molar-refractivity contribution in [2.24, 2.45) is 23.7 Å². The van der Waals surface area contributed by atoms with E-state index in [0.717, 1.165) is 24.8 Å². The van der Waals surface area contributed by atoms with Crippen LogP contribution in [0.25, 0.3) is 0 Å². The molecular formula is C53H107BFe4NO4. The minimum Gasteiger partial charge on any atom is -0.463 e. The first-order valence-corrected chi connectivity index (χ1v) is 25.5. The van der Waals surface area contributed by atoms with Gasteiger partial charge in [0.1, 0.15) is 11.9 Å². The van der Waals surface area contributed by atoms with Crippen LogP contribution in [-0.4, -0.2) is 62.5 Å². The Bertz CT molecular complexity index is 846. The molecule has 0 aromatic carbocycles. The second-order valence-electron chi connectivity index (χ2n) is 19.6. The molecule has 0 amide bonds. The number of aliphatic hydroxyl groups excluding tert-OH is 1. The summed E-state index contributed by atoms with van der Waals surface area (Å²) in [6, 6.07) is 0.794. The van der Waals surface area contributed by atoms with Crippen molar-refractivity contribution in [3.63, 3.8) is 0 Å². The summed E-state index contributed by atoms with van der Waals surface area (Å²) in [5.41, 5.74) is 0. The van der Waals surface area contributed by atoms with E-state index in [1.165, 1.54) is 225 Å². The van der Waals surface area contributed by atoms with Gasteiger partial charge in [-0.2, -0.15) is 0 Å². The Morgan fingerprint density at radius 1 is 0.460 bits per heavy atom. The van der Waals surface area contributed by atoms with E-state index in [2.05, 4.69) is 25.9 Å². The normalized spacial score (nSPS) is 21.3. The number of hydrogen-bond acceptors (Lipinski definition) is 5. The summed E-state index contributed by atoms with van der Waals surface area (Å²) < 4.78 is 5.10. The fourth-order valence-electron chi connectivity index (χ4n) is 9.95. The molecule has 0 aromatic rings. The van der Waals surface area contributed by atoms with Gasteiger partial charge >= 0.3 is 5.97 Å². The molecule has 0 saturated heterocycles. The molecule has 8 aliphatic carbocycles. The molecule has 8 aliphatic rings. The number of carbonyl (C=O) groups excluding carboxylic acids is 2. The van der Waals surface area contributed by atoms with E-state index in [1.807, 2.05) is 13.8 Å². The molecule has 8 saturated carbocycles. The van der Waals surface area contributed by atoms with Crippen molar-refractivity contribution in [1.82, 2.24) is 4.90 Å². The van der Waals surface area contributed by atoms with Gasteiger partial charge in [-0.3, -0.25) is 9.59 Å². The van der Waals surface area contributed by atoms with E-state index in [0.29, 0.717) is 23.5 Å². The fraction of sp³-hybridized carbons (Fsp3) is 0.962. The first-order chi connectivity index (χ1) is 27.5. The predicted octanol–water partition coefficient (Wildman–Crippen LogP) is 15.9. The number of esters is 1. The molecule has 5 nitrogen and oxygen atoms in total. The number of aliphatic hydroxyl groups is 1. The number of nitrogens with zero attached hydrogens (tertiary/aromatic N) is 1. The van der Waals surface area contributed by atoms with Gasteiger partial charge in [-0.1, -0.05) is 187 Å². The zero-order valence-corrected chi connectivity index (χ0v) is 46.0. The van der Waals surface area contributed by atoms with Crippen LogP contribution in [0.5, 0.6) is 0 Å².